The van der Waals surface area contributed by atoms with E-state index in [0.29, 0.717) is 44.9 Å². The average molecular weight is 1750 g/mol. The lowest BCUT2D eigenvalue weighted by Crippen LogP contribution is -2.62. The molecule has 0 bridgehead atoms. The number of carbonyl (C=O) groups excluding carboxylic acids is 15. The normalized spacial score (nSPS) is 16.0. The number of nitrogens with one attached hydrogen (secondary N) is 14. The highest BCUT2D eigenvalue weighted by Gasteiger charge is 2.43. The molecule has 0 spiro atoms. The van der Waals surface area contributed by atoms with Crippen LogP contribution in [0.4, 0.5) is 0 Å². The number of carbonyl (C=O) groups is 18. The Hall–Kier alpha value is -13.1. The van der Waals surface area contributed by atoms with Crippen LogP contribution >= 0.6 is 0 Å². The van der Waals surface area contributed by atoms with Gasteiger partial charge in [-0.3, -0.25) is 81.5 Å². The number of unbranched alkanes of at least 4 members (excludes halogenated alkanes) is 1. The number of aliphatic hydroxyl groups excluding tert-OH is 1. The number of phenolic OH excluding ortho intramolecular Hbond substituents is 1. The molecule has 1 fully saturated rings. The number of amides is 15. The standard InChI is InChI=1S/C83H117N19O23/c1-40(2)28-54(72(113)95-58(32-46-38-88-51-18-11-9-16-49(46)51)75(116)93-55(29-41(3)4)73(114)97-61(35-66(87)106)78(119)100-63(83(124)125)37-68(109)110)92-71(112)53(20-13-14-26-84)90-81(122)69(44(8)103)101-79(120)56(30-42(5)6)98-80(121)64-21-15-27-102(64)82(123)62(36-67(107)108)99-74(115)57(31-45-22-24-48(104)25-23-45)94-76(117)59(33-47-39-89-52-19-12-10-17-50(47)52)96-77(118)60(34-65(86)105)91-70(111)43(7)85/h9-12,16-19,22-25,38-44,53-64,69,88-89,103-104H,13-15,20-21,26-37,84-85H2,1-8H3,(H2,86,105)(H2,87,106)(H,90,122)(H,91,111)(H,92,112)(H,93,116)(H,94,117)(H,95,113)(H,96,118)(H,97,114)(H,98,121)(H,99,115)(H,100,119)(H,101,120)(H,107,108)(H,109,110)(H,124,125)/t43-,44+,53-,54-,55-,56-,57-,58-,59-,60-,61-,62-,63-,64-,69-/m0/s1. The van der Waals surface area contributed by atoms with Gasteiger partial charge in [-0.25, -0.2) is 4.79 Å². The minimum Gasteiger partial charge on any atom is -0.508 e. The van der Waals surface area contributed by atoms with Gasteiger partial charge < -0.3 is 127 Å². The molecule has 0 saturated carbocycles. The van der Waals surface area contributed by atoms with Gasteiger partial charge >= 0.3 is 17.9 Å². The van der Waals surface area contributed by atoms with E-state index in [0.717, 1.165) is 11.8 Å². The minimum absolute atomic E-state index is 0.0696. The molecule has 0 aliphatic carbocycles. The molecule has 27 N–H and O–H groups in total. The Kier molecular flexibility index (Phi) is 38.7. The number of H-pyrrole nitrogens is 2. The molecule has 15 amide bonds. The maximum atomic E-state index is 14.9. The van der Waals surface area contributed by atoms with Crippen LogP contribution < -0.4 is 86.7 Å². The number of hydrogen-bond donors (Lipinski definition) is 23. The summed E-state index contributed by atoms with van der Waals surface area (Å²) in [5, 5.41) is 81.8. The fourth-order valence-corrected chi connectivity index (χ4v) is 14.2. The number of fused-ring (bicyclic) bond motifs is 2. The number of rotatable bonds is 51. The van der Waals surface area contributed by atoms with Gasteiger partial charge in [-0.2, -0.15) is 0 Å². The summed E-state index contributed by atoms with van der Waals surface area (Å²) in [4.78, 5) is 255. The lowest BCUT2D eigenvalue weighted by molar-refractivity contribution is -0.147. The number of aliphatic hydroxyl groups is 1. The van der Waals surface area contributed by atoms with Crippen molar-refractivity contribution >= 4 is 128 Å². The summed E-state index contributed by atoms with van der Waals surface area (Å²) in [5.41, 5.74) is 25.0. The number of nitrogens with two attached hydrogens (primary N) is 4. The number of primary amides is 2. The molecular weight excluding hydrogens is 1630 g/mol. The van der Waals surface area contributed by atoms with Gasteiger partial charge in [-0.15, -0.1) is 0 Å². The quantitative estimate of drug-likeness (QED) is 0.0172. The molecule has 5 aromatic rings. The highest BCUT2D eigenvalue weighted by molar-refractivity contribution is 6.02. The van der Waals surface area contributed by atoms with E-state index in [1.54, 1.807) is 102 Å². The van der Waals surface area contributed by atoms with Crippen LogP contribution in [0.2, 0.25) is 0 Å². The van der Waals surface area contributed by atoms with Crippen LogP contribution in [-0.4, -0.2) is 251 Å². The largest absolute Gasteiger partial charge is 0.508 e. The summed E-state index contributed by atoms with van der Waals surface area (Å²) in [7, 11) is 0. The molecular formula is C83H117N19O23. The van der Waals surface area contributed by atoms with Gasteiger partial charge in [0, 0.05) is 60.0 Å². The summed E-state index contributed by atoms with van der Waals surface area (Å²) in [6, 6.07) is -3.74. The van der Waals surface area contributed by atoms with Crippen molar-refractivity contribution in [2.45, 2.75) is 242 Å². The van der Waals surface area contributed by atoms with E-state index < -0.39 is 235 Å². The van der Waals surface area contributed by atoms with Crippen LogP contribution in [-0.2, 0) is 106 Å². The maximum Gasteiger partial charge on any atom is 0.326 e. The third kappa shape index (κ3) is 31.6. The first-order valence-electron chi connectivity index (χ1n) is 41.1. The summed E-state index contributed by atoms with van der Waals surface area (Å²) >= 11 is 0. The van der Waals surface area contributed by atoms with Crippen LogP contribution in [0.1, 0.15) is 149 Å². The Bertz CT molecular complexity index is 4680. The molecule has 1 saturated heterocycles. The Balaban J connectivity index is 1.22. The van der Waals surface area contributed by atoms with Gasteiger partial charge in [0.1, 0.15) is 84.3 Å². The Morgan fingerprint density at radius 3 is 1.24 bits per heavy atom. The van der Waals surface area contributed by atoms with Gasteiger partial charge in [-0.1, -0.05) is 90.1 Å². The Morgan fingerprint density at radius 2 is 0.808 bits per heavy atom. The molecule has 0 unspecified atom stereocenters. The predicted molar refractivity (Wildman–Crippen MR) is 450 cm³/mol. The number of benzene rings is 3. The van der Waals surface area contributed by atoms with Crippen molar-refractivity contribution in [3.05, 3.63) is 102 Å². The van der Waals surface area contributed by atoms with Crippen LogP contribution in [0.15, 0.2) is 85.2 Å². The van der Waals surface area contributed by atoms with E-state index in [1.165, 1.54) is 31.2 Å². The third-order valence-corrected chi connectivity index (χ3v) is 20.5. The third-order valence-electron chi connectivity index (χ3n) is 20.5. The first-order chi connectivity index (χ1) is 58.9. The monoisotopic (exact) mass is 1750 g/mol. The zero-order valence-electron chi connectivity index (χ0n) is 70.8. The number of hydrogen-bond acceptors (Lipinski definition) is 22. The summed E-state index contributed by atoms with van der Waals surface area (Å²) in [6.45, 7) is 12.6. The Morgan fingerprint density at radius 1 is 0.432 bits per heavy atom. The zero-order chi connectivity index (χ0) is 92.8. The number of aromatic amines is 2. The van der Waals surface area contributed by atoms with Crippen LogP contribution in [0, 0.1) is 17.8 Å². The number of para-hydroxylation sites is 2. The van der Waals surface area contributed by atoms with Crippen molar-refractivity contribution in [2.75, 3.05) is 13.1 Å². The van der Waals surface area contributed by atoms with E-state index in [9.17, 15) is 112 Å². The molecule has 3 aromatic carbocycles. The Labute approximate surface area is 719 Å². The molecule has 1 aliphatic heterocycles. The highest BCUT2D eigenvalue weighted by Crippen LogP contribution is 2.25. The van der Waals surface area contributed by atoms with Gasteiger partial charge in [0.2, 0.25) is 88.6 Å². The van der Waals surface area contributed by atoms with Crippen molar-refractivity contribution in [3.63, 3.8) is 0 Å². The second-order valence-corrected chi connectivity index (χ2v) is 32.4. The molecule has 15 atom stereocenters. The highest BCUT2D eigenvalue weighted by atomic mass is 16.4. The van der Waals surface area contributed by atoms with Gasteiger partial charge in [0.05, 0.1) is 37.8 Å². The predicted octanol–water partition coefficient (Wildman–Crippen LogP) is -3.03. The number of nitrogens with zero attached hydrogens (tertiary/aromatic N) is 1. The minimum atomic E-state index is -2.00. The molecule has 1 aliphatic rings. The van der Waals surface area contributed by atoms with Crippen molar-refractivity contribution in [3.8, 4) is 5.75 Å². The van der Waals surface area contributed by atoms with E-state index in [1.807, 2.05) is 5.32 Å². The first-order valence-corrected chi connectivity index (χ1v) is 41.1. The lowest BCUT2D eigenvalue weighted by Gasteiger charge is -2.31. The first kappa shape index (κ1) is 101. The number of likely N-dealkylation sites (tertiary alicyclic amines) is 1. The van der Waals surface area contributed by atoms with Gasteiger partial charge in [0.25, 0.3) is 0 Å². The molecule has 0 radical (unpaired) electrons. The van der Waals surface area contributed by atoms with Gasteiger partial charge in [-0.05, 0) is 130 Å². The fourth-order valence-electron chi connectivity index (χ4n) is 14.2. The van der Waals surface area contributed by atoms with Crippen molar-refractivity contribution < 1.29 is 112 Å². The molecule has 6 rings (SSSR count). The van der Waals surface area contributed by atoms with Crippen molar-refractivity contribution in [2.24, 2.45) is 40.7 Å². The number of aromatic hydroxyl groups is 1. The van der Waals surface area contributed by atoms with Crippen LogP contribution in [0.5, 0.6) is 5.75 Å². The number of carboxylic acids is 3. The molecule has 3 heterocycles. The summed E-state index contributed by atoms with van der Waals surface area (Å²) in [6.07, 6.45) is -3.31. The summed E-state index contributed by atoms with van der Waals surface area (Å²) < 4.78 is 0. The zero-order valence-corrected chi connectivity index (χ0v) is 70.8. The smallest absolute Gasteiger partial charge is 0.326 e. The summed E-state index contributed by atoms with van der Waals surface area (Å²) in [5.74, 6) is -22.0. The molecule has 125 heavy (non-hydrogen) atoms. The van der Waals surface area contributed by atoms with E-state index in [-0.39, 0.29) is 88.5 Å². The second-order valence-electron chi connectivity index (χ2n) is 32.4. The maximum absolute atomic E-state index is 14.9. The van der Waals surface area contributed by atoms with Crippen molar-refractivity contribution in [1.29, 1.82) is 0 Å². The molecule has 42 heteroatoms. The van der Waals surface area contributed by atoms with Gasteiger partial charge in [0.15, 0.2) is 0 Å². The van der Waals surface area contributed by atoms with E-state index >= 15 is 0 Å². The SMILES string of the molecule is CC(C)C[C@H](NC(=O)[C@H](Cc1c[nH]c2ccccc12)NC(=O)[C@H](CC(C)C)NC(=O)[C@H](CCCCN)NC(=O)[C@@H](NC(=O)[C@H](CC(C)C)NC(=O)[C@@H]1CCCN1C(=O)[C@H](CC(=O)O)NC(=O)[C@H](Cc1ccc(O)cc1)NC(=O)[C@H](Cc1c[nH]c2ccccc12)NC(=O)[C@H](CC(N)=O)NC(=O)[C@H](C)N)[C@@H](C)O)C(=O)N[C@@H](CC(N)=O)C(=O)N[C@@H](CC(=O)O)C(=O)O. The fraction of sp³-hybridized carbons (Fsp3) is 0.518. The van der Waals surface area contributed by atoms with E-state index in [2.05, 4.69) is 68.5 Å². The number of aromatic nitrogens is 2. The second kappa shape index (κ2) is 48.1. The lowest BCUT2D eigenvalue weighted by atomic mass is 9.98. The topological polar surface area (TPSA) is 692 Å². The molecule has 42 nitrogen and oxygen atoms in total. The van der Waals surface area contributed by atoms with Crippen LogP contribution in [0.25, 0.3) is 21.8 Å². The van der Waals surface area contributed by atoms with Crippen LogP contribution in [0.3, 0.4) is 0 Å². The number of aliphatic carboxylic acids is 3. The molecule has 682 valence electrons. The number of carboxylic acid groups (broad SMARTS) is 3. The number of phenols is 1. The average Bonchev–Trinajstić information content (AvgIpc) is 1.70. The molecule has 2 aromatic heterocycles. The van der Waals surface area contributed by atoms with E-state index in [4.69, 9.17) is 22.9 Å². The van der Waals surface area contributed by atoms with Crippen molar-refractivity contribution in [1.82, 2.24) is 78.7 Å².